The zero-order chi connectivity index (χ0) is 14.0. The molecule has 0 fully saturated rings. The predicted molar refractivity (Wildman–Crippen MR) is 79.3 cm³/mol. The van der Waals surface area contributed by atoms with E-state index in [4.69, 9.17) is 28.9 Å². The number of halogens is 2. The van der Waals surface area contributed by atoms with Gasteiger partial charge in [0.1, 0.15) is 5.82 Å². The van der Waals surface area contributed by atoms with Crippen molar-refractivity contribution >= 4 is 35.2 Å². The Kier molecular flexibility index (Phi) is 3.93. The van der Waals surface area contributed by atoms with Gasteiger partial charge in [-0.3, -0.25) is 4.79 Å². The van der Waals surface area contributed by atoms with Crippen molar-refractivity contribution in [3.63, 3.8) is 0 Å². The molecule has 2 rings (SSSR count). The normalized spacial score (nSPS) is 11.1. The lowest BCUT2D eigenvalue weighted by Crippen LogP contribution is -2.19. The Hall–Kier alpha value is -1.78. The van der Waals surface area contributed by atoms with Crippen LogP contribution in [0.3, 0.4) is 0 Å². The number of pyridine rings is 1. The summed E-state index contributed by atoms with van der Waals surface area (Å²) in [5.41, 5.74) is 6.89. The van der Waals surface area contributed by atoms with Crippen LogP contribution < -0.4 is 11.3 Å². The van der Waals surface area contributed by atoms with Crippen LogP contribution in [-0.2, 0) is 0 Å². The molecule has 0 aliphatic rings. The summed E-state index contributed by atoms with van der Waals surface area (Å²) in [5, 5.41) is 5.02. The van der Waals surface area contributed by atoms with E-state index in [2.05, 4.69) is 5.10 Å². The number of hydrogen-bond donors (Lipinski definition) is 1. The highest BCUT2D eigenvalue weighted by molar-refractivity contribution is 6.36. The molecule has 0 aliphatic heterocycles. The van der Waals surface area contributed by atoms with Crippen molar-refractivity contribution in [2.24, 2.45) is 5.10 Å². The molecule has 0 amide bonds. The Bertz CT molecular complexity index is 708. The number of aromatic nitrogens is 1. The highest BCUT2D eigenvalue weighted by Crippen LogP contribution is 2.19. The van der Waals surface area contributed by atoms with Crippen LogP contribution in [0.1, 0.15) is 11.1 Å². The van der Waals surface area contributed by atoms with Gasteiger partial charge in [0.05, 0.1) is 11.2 Å². The molecule has 98 valence electrons. The van der Waals surface area contributed by atoms with Crippen molar-refractivity contribution in [3.05, 3.63) is 61.9 Å². The van der Waals surface area contributed by atoms with E-state index in [9.17, 15) is 4.79 Å². The molecule has 1 aromatic carbocycles. The molecule has 0 unspecified atom stereocenters. The van der Waals surface area contributed by atoms with Crippen LogP contribution in [0.25, 0.3) is 0 Å². The van der Waals surface area contributed by atoms with E-state index in [1.807, 2.05) is 0 Å². The minimum absolute atomic E-state index is 0.270. The Balaban J connectivity index is 2.41. The monoisotopic (exact) mass is 295 g/mol. The molecule has 0 radical (unpaired) electrons. The minimum atomic E-state index is -0.293. The average Bonchev–Trinajstić information content (AvgIpc) is 2.30. The number of benzene rings is 1. The van der Waals surface area contributed by atoms with Gasteiger partial charge in [-0.2, -0.15) is 9.78 Å². The van der Waals surface area contributed by atoms with Crippen molar-refractivity contribution in [1.82, 2.24) is 4.68 Å². The fourth-order valence-corrected chi connectivity index (χ4v) is 2.03. The number of hydrogen-bond acceptors (Lipinski definition) is 3. The molecule has 0 saturated carbocycles. The van der Waals surface area contributed by atoms with Gasteiger partial charge in [0, 0.05) is 16.7 Å². The van der Waals surface area contributed by atoms with Gasteiger partial charge in [-0.15, -0.1) is 0 Å². The SMILES string of the molecule is Cc1cc(N)n(/N=C\c2ccc(Cl)cc2Cl)c(=O)c1. The number of aryl methyl sites for hydroxylation is 1. The van der Waals surface area contributed by atoms with Gasteiger partial charge in [0.25, 0.3) is 5.56 Å². The maximum Gasteiger partial charge on any atom is 0.273 e. The standard InChI is InChI=1S/C13H11Cl2N3O/c1-8-4-12(16)18(13(19)5-8)17-7-9-2-3-10(14)6-11(9)15/h2-7H,16H2,1H3/b17-7-. The molecule has 0 aliphatic carbocycles. The summed E-state index contributed by atoms with van der Waals surface area (Å²) in [5.74, 6) is 0.270. The second-order valence-corrected chi connectivity index (χ2v) is 4.86. The lowest BCUT2D eigenvalue weighted by Gasteiger charge is -2.04. The number of nitrogens with two attached hydrogens (primary N) is 1. The summed E-state index contributed by atoms with van der Waals surface area (Å²) in [7, 11) is 0. The maximum atomic E-state index is 11.7. The average molecular weight is 296 g/mol. The first kappa shape index (κ1) is 13.6. The highest BCUT2D eigenvalue weighted by atomic mass is 35.5. The second-order valence-electron chi connectivity index (χ2n) is 4.02. The molecule has 0 spiro atoms. The predicted octanol–water partition coefficient (Wildman–Crippen LogP) is 2.93. The molecule has 4 nitrogen and oxygen atoms in total. The van der Waals surface area contributed by atoms with Crippen LogP contribution in [0.2, 0.25) is 10.0 Å². The van der Waals surface area contributed by atoms with Crippen LogP contribution in [0.4, 0.5) is 5.82 Å². The fourth-order valence-electron chi connectivity index (χ4n) is 1.57. The number of anilines is 1. The Morgan fingerprint density at radius 2 is 2.00 bits per heavy atom. The maximum absolute atomic E-state index is 11.7. The second kappa shape index (κ2) is 5.47. The van der Waals surface area contributed by atoms with Crippen molar-refractivity contribution < 1.29 is 0 Å². The molecule has 0 saturated heterocycles. The molecule has 1 heterocycles. The van der Waals surface area contributed by atoms with E-state index in [-0.39, 0.29) is 11.4 Å². The molecule has 2 N–H and O–H groups in total. The van der Waals surface area contributed by atoms with E-state index in [0.717, 1.165) is 10.2 Å². The summed E-state index contributed by atoms with van der Waals surface area (Å²) in [6.07, 6.45) is 1.46. The third-order valence-corrected chi connectivity index (χ3v) is 3.02. The van der Waals surface area contributed by atoms with Crippen LogP contribution in [0.15, 0.2) is 40.2 Å². The van der Waals surface area contributed by atoms with Gasteiger partial charge in [0.2, 0.25) is 0 Å². The first-order valence-corrected chi connectivity index (χ1v) is 6.21. The van der Waals surface area contributed by atoms with Crippen LogP contribution in [0, 0.1) is 6.92 Å². The summed E-state index contributed by atoms with van der Waals surface area (Å²) in [6.45, 7) is 1.79. The smallest absolute Gasteiger partial charge is 0.273 e. The van der Waals surface area contributed by atoms with Crippen LogP contribution in [0.5, 0.6) is 0 Å². The van der Waals surface area contributed by atoms with Gasteiger partial charge in [-0.1, -0.05) is 29.3 Å². The molecule has 1 aromatic heterocycles. The van der Waals surface area contributed by atoms with Gasteiger partial charge < -0.3 is 5.73 Å². The summed E-state index contributed by atoms with van der Waals surface area (Å²) in [6, 6.07) is 8.13. The van der Waals surface area contributed by atoms with Crippen molar-refractivity contribution in [2.45, 2.75) is 6.92 Å². The van der Waals surface area contributed by atoms with Crippen molar-refractivity contribution in [1.29, 1.82) is 0 Å². The molecule has 6 heteroatoms. The number of nitrogens with zero attached hydrogens (tertiary/aromatic N) is 2. The lowest BCUT2D eigenvalue weighted by atomic mass is 10.2. The van der Waals surface area contributed by atoms with E-state index in [1.165, 1.54) is 12.3 Å². The molecular formula is C13H11Cl2N3O. The molecule has 19 heavy (non-hydrogen) atoms. The van der Waals surface area contributed by atoms with E-state index < -0.39 is 0 Å². The van der Waals surface area contributed by atoms with Gasteiger partial charge in [-0.25, -0.2) is 0 Å². The van der Waals surface area contributed by atoms with Gasteiger partial charge in [0.15, 0.2) is 0 Å². The summed E-state index contributed by atoms with van der Waals surface area (Å²) >= 11 is 11.8. The van der Waals surface area contributed by atoms with Crippen LogP contribution >= 0.6 is 23.2 Å². The van der Waals surface area contributed by atoms with E-state index in [0.29, 0.717) is 15.6 Å². The molecule has 2 aromatic rings. The Morgan fingerprint density at radius 1 is 1.26 bits per heavy atom. The first-order valence-electron chi connectivity index (χ1n) is 5.46. The quantitative estimate of drug-likeness (QED) is 0.866. The summed E-state index contributed by atoms with van der Waals surface area (Å²) in [4.78, 5) is 11.7. The third kappa shape index (κ3) is 3.16. The highest BCUT2D eigenvalue weighted by Gasteiger charge is 2.01. The first-order chi connectivity index (χ1) is 8.97. The largest absolute Gasteiger partial charge is 0.384 e. The molecule has 0 bridgehead atoms. The number of nitrogen functional groups attached to an aromatic ring is 1. The zero-order valence-corrected chi connectivity index (χ0v) is 11.6. The Labute approximate surface area is 120 Å². The van der Waals surface area contributed by atoms with E-state index in [1.54, 1.807) is 31.2 Å². The molecular weight excluding hydrogens is 285 g/mol. The molecule has 0 atom stereocenters. The Morgan fingerprint density at radius 3 is 2.63 bits per heavy atom. The van der Waals surface area contributed by atoms with Crippen molar-refractivity contribution in [3.8, 4) is 0 Å². The zero-order valence-electron chi connectivity index (χ0n) is 10.1. The minimum Gasteiger partial charge on any atom is -0.384 e. The van der Waals surface area contributed by atoms with Gasteiger partial charge >= 0.3 is 0 Å². The lowest BCUT2D eigenvalue weighted by molar-refractivity contribution is 0.843. The fraction of sp³-hybridized carbons (Fsp3) is 0.0769. The van der Waals surface area contributed by atoms with Crippen LogP contribution in [-0.4, -0.2) is 10.9 Å². The topological polar surface area (TPSA) is 60.4 Å². The third-order valence-electron chi connectivity index (χ3n) is 2.45. The van der Waals surface area contributed by atoms with Crippen molar-refractivity contribution in [2.75, 3.05) is 5.73 Å². The van der Waals surface area contributed by atoms with E-state index >= 15 is 0 Å². The summed E-state index contributed by atoms with van der Waals surface area (Å²) < 4.78 is 1.11. The van der Waals surface area contributed by atoms with Gasteiger partial charge in [-0.05, 0) is 30.7 Å². The number of rotatable bonds is 2.